The lowest BCUT2D eigenvalue weighted by Gasteiger charge is -2.21. The Hall–Kier alpha value is -3.52. The van der Waals surface area contributed by atoms with Crippen LogP contribution in [0, 0.1) is 15.9 Å². The maximum atomic E-state index is 13.3. The fourth-order valence-corrected chi connectivity index (χ4v) is 2.79. The van der Waals surface area contributed by atoms with Crippen LogP contribution in [0.4, 0.5) is 15.8 Å². The number of rotatable bonds is 8. The lowest BCUT2D eigenvalue weighted by molar-refractivity contribution is -0.384. The zero-order chi connectivity index (χ0) is 19.9. The third-order valence-corrected chi connectivity index (χ3v) is 4.01. The summed E-state index contributed by atoms with van der Waals surface area (Å²) in [5.74, 6) is -0.498. The van der Waals surface area contributed by atoms with Crippen molar-refractivity contribution in [2.75, 3.05) is 11.9 Å². The van der Waals surface area contributed by atoms with E-state index in [9.17, 15) is 19.3 Å². The van der Waals surface area contributed by atoms with E-state index < -0.39 is 22.3 Å². The molecule has 1 N–H and O–H groups in total. The molecule has 1 heterocycles. The van der Waals surface area contributed by atoms with E-state index in [1.165, 1.54) is 6.07 Å². The van der Waals surface area contributed by atoms with Crippen LogP contribution in [0.2, 0.25) is 0 Å². The largest absolute Gasteiger partial charge is 0.468 e. The van der Waals surface area contributed by atoms with E-state index in [-0.39, 0.29) is 12.2 Å². The highest BCUT2D eigenvalue weighted by molar-refractivity contribution is 5.94. The molecule has 0 saturated carbocycles. The van der Waals surface area contributed by atoms with Gasteiger partial charge in [-0.3, -0.25) is 19.8 Å². The van der Waals surface area contributed by atoms with Crippen molar-refractivity contribution in [3.8, 4) is 0 Å². The van der Waals surface area contributed by atoms with E-state index in [2.05, 4.69) is 5.32 Å². The number of amides is 1. The van der Waals surface area contributed by atoms with Crippen molar-refractivity contribution in [1.82, 2.24) is 4.90 Å². The monoisotopic (exact) mass is 383 g/mol. The number of nitro groups is 1. The summed E-state index contributed by atoms with van der Waals surface area (Å²) < 4.78 is 18.6. The van der Waals surface area contributed by atoms with Crippen molar-refractivity contribution in [2.45, 2.75) is 13.1 Å². The zero-order valence-corrected chi connectivity index (χ0v) is 14.9. The molecule has 28 heavy (non-hydrogen) atoms. The van der Waals surface area contributed by atoms with E-state index in [4.69, 9.17) is 4.42 Å². The van der Waals surface area contributed by atoms with Crippen LogP contribution < -0.4 is 5.32 Å². The molecule has 2 aromatic carbocycles. The summed E-state index contributed by atoms with van der Waals surface area (Å²) in [5, 5.41) is 13.6. The molecule has 0 saturated heterocycles. The van der Waals surface area contributed by atoms with Gasteiger partial charge in [-0.1, -0.05) is 30.3 Å². The Kier molecular flexibility index (Phi) is 6.13. The van der Waals surface area contributed by atoms with Crippen molar-refractivity contribution in [3.05, 3.63) is 94.2 Å². The first-order valence-corrected chi connectivity index (χ1v) is 8.54. The SMILES string of the molecule is O=C(CN(Cc1ccccc1)Cc1ccco1)Nc1ccc(F)cc1[N+](=O)[O-]. The highest BCUT2D eigenvalue weighted by Crippen LogP contribution is 2.25. The van der Waals surface area contributed by atoms with Gasteiger partial charge in [-0.2, -0.15) is 0 Å². The van der Waals surface area contributed by atoms with E-state index in [0.717, 1.165) is 17.7 Å². The van der Waals surface area contributed by atoms with E-state index >= 15 is 0 Å². The Morgan fingerprint density at radius 3 is 2.57 bits per heavy atom. The third kappa shape index (κ3) is 5.24. The van der Waals surface area contributed by atoms with Crippen LogP contribution in [0.15, 0.2) is 71.3 Å². The first-order valence-electron chi connectivity index (χ1n) is 8.54. The average molecular weight is 383 g/mol. The molecule has 3 aromatic rings. The Bertz CT molecular complexity index is 945. The maximum Gasteiger partial charge on any atom is 0.295 e. The number of nitrogens with zero attached hydrogens (tertiary/aromatic N) is 2. The number of nitro benzene ring substituents is 1. The summed E-state index contributed by atoms with van der Waals surface area (Å²) in [5.41, 5.74) is 0.470. The highest BCUT2D eigenvalue weighted by atomic mass is 19.1. The summed E-state index contributed by atoms with van der Waals surface area (Å²) in [6.45, 7) is 0.853. The fourth-order valence-electron chi connectivity index (χ4n) is 2.79. The van der Waals surface area contributed by atoms with Crippen molar-refractivity contribution < 1.29 is 18.5 Å². The number of carbonyl (C=O) groups is 1. The average Bonchev–Trinajstić information content (AvgIpc) is 3.16. The zero-order valence-electron chi connectivity index (χ0n) is 14.9. The first-order chi connectivity index (χ1) is 13.5. The second-order valence-electron chi connectivity index (χ2n) is 6.18. The molecular formula is C20H18FN3O4. The molecule has 0 bridgehead atoms. The number of furan rings is 1. The van der Waals surface area contributed by atoms with Gasteiger partial charge in [0.05, 0.1) is 30.3 Å². The topological polar surface area (TPSA) is 88.6 Å². The Morgan fingerprint density at radius 1 is 1.11 bits per heavy atom. The minimum absolute atomic E-state index is 0.0237. The Balaban J connectivity index is 1.73. The van der Waals surface area contributed by atoms with Crippen LogP contribution in [0.25, 0.3) is 0 Å². The number of benzene rings is 2. The van der Waals surface area contributed by atoms with Gasteiger partial charge in [-0.25, -0.2) is 4.39 Å². The van der Waals surface area contributed by atoms with Crippen LogP contribution in [0.5, 0.6) is 0 Å². The van der Waals surface area contributed by atoms with Gasteiger partial charge >= 0.3 is 0 Å². The van der Waals surface area contributed by atoms with Gasteiger partial charge < -0.3 is 9.73 Å². The normalized spacial score (nSPS) is 10.8. The number of hydrogen-bond donors (Lipinski definition) is 1. The molecular weight excluding hydrogens is 365 g/mol. The van der Waals surface area contributed by atoms with Gasteiger partial charge in [0, 0.05) is 6.54 Å². The summed E-state index contributed by atoms with van der Waals surface area (Å²) >= 11 is 0. The summed E-state index contributed by atoms with van der Waals surface area (Å²) in [7, 11) is 0. The van der Waals surface area contributed by atoms with Crippen LogP contribution in [-0.4, -0.2) is 22.3 Å². The van der Waals surface area contributed by atoms with Gasteiger partial charge in [-0.05, 0) is 29.8 Å². The standard InChI is InChI=1S/C20H18FN3O4/c21-16-8-9-18(19(11-16)24(26)27)22-20(25)14-23(13-17-7-4-10-28-17)12-15-5-2-1-3-6-15/h1-11H,12-14H2,(H,22,25). The summed E-state index contributed by atoms with van der Waals surface area (Å²) in [6.07, 6.45) is 1.55. The van der Waals surface area contributed by atoms with Gasteiger partial charge in [0.2, 0.25) is 5.91 Å². The second-order valence-corrected chi connectivity index (χ2v) is 6.18. The summed E-state index contributed by atoms with van der Waals surface area (Å²) in [6, 6.07) is 16.2. The Labute approximate surface area is 160 Å². The molecule has 0 aliphatic heterocycles. The minimum Gasteiger partial charge on any atom is -0.468 e. The molecule has 144 valence electrons. The maximum absolute atomic E-state index is 13.3. The van der Waals surface area contributed by atoms with Gasteiger partial charge in [-0.15, -0.1) is 0 Å². The molecule has 0 fully saturated rings. The van der Waals surface area contributed by atoms with Crippen molar-refractivity contribution in [2.24, 2.45) is 0 Å². The van der Waals surface area contributed by atoms with E-state index in [1.807, 2.05) is 35.2 Å². The van der Waals surface area contributed by atoms with Gasteiger partial charge in [0.1, 0.15) is 17.3 Å². The Morgan fingerprint density at radius 2 is 1.89 bits per heavy atom. The molecule has 0 atom stereocenters. The minimum atomic E-state index is -0.742. The first kappa shape index (κ1) is 19.2. The van der Waals surface area contributed by atoms with Crippen LogP contribution in [0.1, 0.15) is 11.3 Å². The predicted octanol–water partition coefficient (Wildman–Crippen LogP) is 3.97. The number of carbonyl (C=O) groups excluding carboxylic acids is 1. The van der Waals surface area contributed by atoms with E-state index in [1.54, 1.807) is 18.4 Å². The molecule has 0 spiro atoms. The number of nitrogens with one attached hydrogen (secondary N) is 1. The van der Waals surface area contributed by atoms with Crippen LogP contribution >= 0.6 is 0 Å². The van der Waals surface area contributed by atoms with Crippen molar-refractivity contribution in [3.63, 3.8) is 0 Å². The predicted molar refractivity (Wildman–Crippen MR) is 101 cm³/mol. The van der Waals surface area contributed by atoms with Crippen LogP contribution in [0.3, 0.4) is 0 Å². The van der Waals surface area contributed by atoms with Gasteiger partial charge in [0.25, 0.3) is 5.69 Å². The number of halogens is 1. The number of hydrogen-bond acceptors (Lipinski definition) is 5. The smallest absolute Gasteiger partial charge is 0.295 e. The highest BCUT2D eigenvalue weighted by Gasteiger charge is 2.19. The van der Waals surface area contributed by atoms with Crippen molar-refractivity contribution in [1.29, 1.82) is 0 Å². The molecule has 1 aromatic heterocycles. The lowest BCUT2D eigenvalue weighted by Crippen LogP contribution is -2.32. The molecule has 7 nitrogen and oxygen atoms in total. The molecule has 0 radical (unpaired) electrons. The molecule has 0 unspecified atom stereocenters. The van der Waals surface area contributed by atoms with Gasteiger partial charge in [0.15, 0.2) is 0 Å². The molecule has 1 amide bonds. The second kappa shape index (κ2) is 8.92. The van der Waals surface area contributed by atoms with E-state index in [0.29, 0.717) is 18.8 Å². The summed E-state index contributed by atoms with van der Waals surface area (Å²) in [4.78, 5) is 24.7. The van der Waals surface area contributed by atoms with Crippen LogP contribution in [-0.2, 0) is 17.9 Å². The lowest BCUT2D eigenvalue weighted by atomic mass is 10.2. The number of anilines is 1. The van der Waals surface area contributed by atoms with Crippen molar-refractivity contribution >= 4 is 17.3 Å². The fraction of sp³-hybridized carbons (Fsp3) is 0.150. The molecule has 8 heteroatoms. The molecule has 3 rings (SSSR count). The quantitative estimate of drug-likeness (QED) is 0.470. The molecule has 0 aliphatic rings. The molecule has 0 aliphatic carbocycles. The third-order valence-electron chi connectivity index (χ3n) is 4.01.